The molecule has 0 amide bonds. The first-order valence-corrected chi connectivity index (χ1v) is 7.51. The van der Waals surface area contributed by atoms with Crippen LogP contribution in [-0.4, -0.2) is 41.9 Å². The largest absolute Gasteiger partial charge is 0.507 e. The molecule has 1 aromatic heterocycles. The van der Waals surface area contributed by atoms with Crippen LogP contribution in [0.25, 0.3) is 0 Å². The van der Waals surface area contributed by atoms with E-state index in [0.717, 1.165) is 28.3 Å². The Bertz CT molecular complexity index is 746. The molecule has 122 valence electrons. The Hall–Kier alpha value is -2.41. The van der Waals surface area contributed by atoms with Gasteiger partial charge in [0.1, 0.15) is 23.4 Å². The molecule has 0 aliphatic carbocycles. The minimum atomic E-state index is -0.851. The standard InChI is InChI=1S/C16H20N4O3/c1-9-4-12(5-10(2)15(9)21)6-19-8-14-18-17-11(3)20(14)7-13(19)16(22)23/h4-5,13,21H,6-8H2,1-3H3,(H,22,23). The molecule has 3 rings (SSSR count). The van der Waals surface area contributed by atoms with Crippen molar-refractivity contribution in [1.82, 2.24) is 19.7 Å². The third-order valence-corrected chi connectivity index (χ3v) is 4.37. The Morgan fingerprint density at radius 2 is 1.91 bits per heavy atom. The number of hydrogen-bond donors (Lipinski definition) is 2. The van der Waals surface area contributed by atoms with Crippen molar-refractivity contribution in [1.29, 1.82) is 0 Å². The van der Waals surface area contributed by atoms with Crippen LogP contribution in [0.1, 0.15) is 28.3 Å². The summed E-state index contributed by atoms with van der Waals surface area (Å²) in [7, 11) is 0. The number of phenols is 1. The van der Waals surface area contributed by atoms with E-state index in [0.29, 0.717) is 19.6 Å². The van der Waals surface area contributed by atoms with E-state index in [1.807, 2.05) is 42.4 Å². The monoisotopic (exact) mass is 316 g/mol. The molecule has 0 radical (unpaired) electrons. The molecule has 7 heteroatoms. The smallest absolute Gasteiger partial charge is 0.322 e. The summed E-state index contributed by atoms with van der Waals surface area (Å²) in [5, 5.41) is 27.6. The fourth-order valence-electron chi connectivity index (χ4n) is 3.13. The van der Waals surface area contributed by atoms with Crippen LogP contribution in [0.5, 0.6) is 5.75 Å². The number of aliphatic carboxylic acids is 1. The lowest BCUT2D eigenvalue weighted by Crippen LogP contribution is -2.47. The van der Waals surface area contributed by atoms with Crippen molar-refractivity contribution in [2.45, 2.75) is 46.4 Å². The Balaban J connectivity index is 1.90. The average Bonchev–Trinajstić information content (AvgIpc) is 2.84. The number of rotatable bonds is 3. The molecule has 1 aliphatic heterocycles. The highest BCUT2D eigenvalue weighted by Crippen LogP contribution is 2.26. The molecule has 1 aliphatic rings. The van der Waals surface area contributed by atoms with Crippen molar-refractivity contribution < 1.29 is 15.0 Å². The number of aromatic nitrogens is 3. The van der Waals surface area contributed by atoms with Crippen molar-refractivity contribution in [3.63, 3.8) is 0 Å². The average molecular weight is 316 g/mol. The second kappa shape index (κ2) is 5.66. The summed E-state index contributed by atoms with van der Waals surface area (Å²) >= 11 is 0. The lowest BCUT2D eigenvalue weighted by molar-refractivity contribution is -0.145. The third kappa shape index (κ3) is 2.79. The number of nitrogens with zero attached hydrogens (tertiary/aromatic N) is 4. The van der Waals surface area contributed by atoms with Crippen molar-refractivity contribution in [2.24, 2.45) is 0 Å². The van der Waals surface area contributed by atoms with Gasteiger partial charge in [-0.25, -0.2) is 0 Å². The molecular formula is C16H20N4O3. The van der Waals surface area contributed by atoms with Crippen LogP contribution in [0.2, 0.25) is 0 Å². The molecule has 1 aromatic carbocycles. The van der Waals surface area contributed by atoms with Crippen LogP contribution in [0.15, 0.2) is 12.1 Å². The predicted molar refractivity (Wildman–Crippen MR) is 83.0 cm³/mol. The van der Waals surface area contributed by atoms with Crippen LogP contribution in [0.3, 0.4) is 0 Å². The maximum absolute atomic E-state index is 11.7. The second-order valence-corrected chi connectivity index (χ2v) is 6.11. The molecule has 1 atom stereocenters. The summed E-state index contributed by atoms with van der Waals surface area (Å²) in [5.41, 5.74) is 2.57. The lowest BCUT2D eigenvalue weighted by Gasteiger charge is -2.33. The lowest BCUT2D eigenvalue weighted by atomic mass is 10.0. The fraction of sp³-hybridized carbons (Fsp3) is 0.438. The van der Waals surface area contributed by atoms with Gasteiger partial charge in [0.25, 0.3) is 0 Å². The van der Waals surface area contributed by atoms with E-state index in [9.17, 15) is 15.0 Å². The van der Waals surface area contributed by atoms with Gasteiger partial charge in [-0.05, 0) is 37.5 Å². The molecule has 2 N–H and O–H groups in total. The minimum absolute atomic E-state index is 0.289. The van der Waals surface area contributed by atoms with Gasteiger partial charge in [-0.2, -0.15) is 0 Å². The van der Waals surface area contributed by atoms with Gasteiger partial charge in [-0.1, -0.05) is 12.1 Å². The van der Waals surface area contributed by atoms with Crippen LogP contribution in [0.4, 0.5) is 0 Å². The zero-order valence-corrected chi connectivity index (χ0v) is 13.4. The molecule has 0 fully saturated rings. The maximum Gasteiger partial charge on any atom is 0.322 e. The number of carbonyl (C=O) groups is 1. The van der Waals surface area contributed by atoms with Gasteiger partial charge in [0.2, 0.25) is 0 Å². The summed E-state index contributed by atoms with van der Waals surface area (Å²) in [6, 6.07) is 3.17. The number of fused-ring (bicyclic) bond motifs is 1. The topological polar surface area (TPSA) is 91.5 Å². The molecule has 1 unspecified atom stereocenters. The molecule has 23 heavy (non-hydrogen) atoms. The molecule has 0 bridgehead atoms. The number of carboxylic acid groups (broad SMARTS) is 1. The van der Waals surface area contributed by atoms with E-state index in [-0.39, 0.29) is 5.75 Å². The highest BCUT2D eigenvalue weighted by molar-refractivity contribution is 5.73. The molecule has 0 saturated heterocycles. The quantitative estimate of drug-likeness (QED) is 0.889. The third-order valence-electron chi connectivity index (χ3n) is 4.37. The molecule has 2 heterocycles. The highest BCUT2D eigenvalue weighted by Gasteiger charge is 2.33. The molecule has 2 aromatic rings. The first-order valence-electron chi connectivity index (χ1n) is 7.51. The minimum Gasteiger partial charge on any atom is -0.507 e. The Morgan fingerprint density at radius 3 is 2.52 bits per heavy atom. The first-order chi connectivity index (χ1) is 10.9. The summed E-state index contributed by atoms with van der Waals surface area (Å²) in [6.45, 7) is 6.80. The number of benzene rings is 1. The van der Waals surface area contributed by atoms with E-state index in [1.54, 1.807) is 0 Å². The summed E-state index contributed by atoms with van der Waals surface area (Å²) in [5.74, 6) is 0.961. The van der Waals surface area contributed by atoms with Crippen LogP contribution >= 0.6 is 0 Å². The number of aryl methyl sites for hydroxylation is 3. The summed E-state index contributed by atoms with van der Waals surface area (Å²) < 4.78 is 1.86. The van der Waals surface area contributed by atoms with Crippen molar-refractivity contribution in [2.75, 3.05) is 0 Å². The number of hydrogen-bond acceptors (Lipinski definition) is 5. The molecule has 7 nitrogen and oxygen atoms in total. The van der Waals surface area contributed by atoms with Crippen LogP contribution < -0.4 is 0 Å². The first kappa shape index (κ1) is 15.5. The Labute approximate surface area is 134 Å². The summed E-state index contributed by atoms with van der Waals surface area (Å²) in [6.07, 6.45) is 0. The Morgan fingerprint density at radius 1 is 1.26 bits per heavy atom. The van der Waals surface area contributed by atoms with E-state index < -0.39 is 12.0 Å². The van der Waals surface area contributed by atoms with Crippen LogP contribution in [-0.2, 0) is 24.4 Å². The van der Waals surface area contributed by atoms with Crippen LogP contribution in [0, 0.1) is 20.8 Å². The zero-order valence-electron chi connectivity index (χ0n) is 13.4. The van der Waals surface area contributed by atoms with Crippen molar-refractivity contribution in [3.8, 4) is 5.75 Å². The number of phenolic OH excluding ortho intramolecular Hbond substituents is 1. The number of aromatic hydroxyl groups is 1. The maximum atomic E-state index is 11.7. The van der Waals surface area contributed by atoms with Gasteiger partial charge in [-0.3, -0.25) is 9.69 Å². The van der Waals surface area contributed by atoms with Gasteiger partial charge in [0.05, 0.1) is 13.1 Å². The molecule has 0 saturated carbocycles. The van der Waals surface area contributed by atoms with Gasteiger partial charge in [-0.15, -0.1) is 10.2 Å². The van der Waals surface area contributed by atoms with E-state index in [2.05, 4.69) is 10.2 Å². The van der Waals surface area contributed by atoms with Crippen molar-refractivity contribution in [3.05, 3.63) is 40.5 Å². The normalized spacial score (nSPS) is 18.0. The highest BCUT2D eigenvalue weighted by atomic mass is 16.4. The SMILES string of the molecule is Cc1cc(CN2Cc3nnc(C)n3CC2C(=O)O)cc(C)c1O. The van der Waals surface area contributed by atoms with Gasteiger partial charge in [0.15, 0.2) is 0 Å². The molecular weight excluding hydrogens is 296 g/mol. The van der Waals surface area contributed by atoms with Crippen molar-refractivity contribution >= 4 is 5.97 Å². The number of carboxylic acids is 1. The van der Waals surface area contributed by atoms with Gasteiger partial charge < -0.3 is 14.8 Å². The predicted octanol–water partition coefficient (Wildman–Crippen LogP) is 1.38. The summed E-state index contributed by atoms with van der Waals surface area (Å²) in [4.78, 5) is 13.5. The van der Waals surface area contributed by atoms with E-state index in [4.69, 9.17) is 0 Å². The fourth-order valence-corrected chi connectivity index (χ4v) is 3.13. The van der Waals surface area contributed by atoms with Gasteiger partial charge >= 0.3 is 5.97 Å². The van der Waals surface area contributed by atoms with E-state index >= 15 is 0 Å². The molecule has 0 spiro atoms. The van der Waals surface area contributed by atoms with Gasteiger partial charge in [0, 0.05) is 6.54 Å². The Kier molecular flexibility index (Phi) is 3.81. The zero-order chi connectivity index (χ0) is 16.7. The second-order valence-electron chi connectivity index (χ2n) is 6.11. The van der Waals surface area contributed by atoms with E-state index in [1.165, 1.54) is 0 Å².